The summed E-state index contributed by atoms with van der Waals surface area (Å²) in [5, 5.41) is 0. The van der Waals surface area contributed by atoms with Gasteiger partial charge in [0.15, 0.2) is 5.78 Å². The first-order chi connectivity index (χ1) is 6.66. The van der Waals surface area contributed by atoms with E-state index in [1.807, 2.05) is 0 Å². The molecule has 1 aliphatic heterocycles. The molecular formula is C9H8ClNO2S. The number of likely N-dealkylation sites (tertiary alicyclic amines) is 1. The highest BCUT2D eigenvalue weighted by Gasteiger charge is 2.25. The molecule has 0 aromatic carbocycles. The molecule has 1 aromatic rings. The third-order valence-corrected chi connectivity index (χ3v) is 3.32. The number of carbonyl (C=O) groups is 2. The average molecular weight is 230 g/mol. The first-order valence-electron chi connectivity index (χ1n) is 4.23. The molecule has 2 heterocycles. The van der Waals surface area contributed by atoms with Crippen LogP contribution in [-0.2, 0) is 4.79 Å². The van der Waals surface area contributed by atoms with Gasteiger partial charge in [0.05, 0.1) is 15.8 Å². The van der Waals surface area contributed by atoms with Crippen molar-refractivity contribution in [3.63, 3.8) is 0 Å². The summed E-state index contributed by atoms with van der Waals surface area (Å²) in [5.74, 6) is 0.0359. The van der Waals surface area contributed by atoms with Gasteiger partial charge in [-0.2, -0.15) is 0 Å². The van der Waals surface area contributed by atoms with Gasteiger partial charge in [0, 0.05) is 13.0 Å². The topological polar surface area (TPSA) is 37.4 Å². The van der Waals surface area contributed by atoms with Crippen LogP contribution in [0.4, 0.5) is 0 Å². The predicted molar refractivity (Wildman–Crippen MR) is 54.9 cm³/mol. The van der Waals surface area contributed by atoms with E-state index >= 15 is 0 Å². The maximum atomic E-state index is 11.7. The molecule has 1 aliphatic rings. The Balaban J connectivity index is 2.12. The van der Waals surface area contributed by atoms with Crippen molar-refractivity contribution in [1.29, 1.82) is 0 Å². The molecule has 0 bridgehead atoms. The van der Waals surface area contributed by atoms with Crippen LogP contribution >= 0.6 is 22.9 Å². The maximum absolute atomic E-state index is 11.7. The number of Topliss-reactive ketones (excluding diaryl/α,β-unsaturated/α-hetero) is 1. The molecule has 1 fully saturated rings. The minimum atomic E-state index is -0.0900. The van der Waals surface area contributed by atoms with E-state index in [9.17, 15) is 9.59 Å². The second-order valence-electron chi connectivity index (χ2n) is 3.12. The largest absolute Gasteiger partial charge is 0.330 e. The molecule has 1 saturated heterocycles. The van der Waals surface area contributed by atoms with Gasteiger partial charge in [-0.15, -0.1) is 11.3 Å². The Morgan fingerprint density at radius 2 is 2.29 bits per heavy atom. The SMILES string of the molecule is O=C1CCN(C(=O)c2ccc(Cl)s2)C1. The molecule has 5 heteroatoms. The number of thiophene rings is 1. The molecule has 0 N–H and O–H groups in total. The number of hydrogen-bond donors (Lipinski definition) is 0. The van der Waals surface area contributed by atoms with Crippen LogP contribution in [0.1, 0.15) is 16.1 Å². The summed E-state index contributed by atoms with van der Waals surface area (Å²) in [6.45, 7) is 0.779. The highest BCUT2D eigenvalue weighted by atomic mass is 35.5. The Bertz CT molecular complexity index is 388. The maximum Gasteiger partial charge on any atom is 0.264 e. The Hall–Kier alpha value is -0.870. The fourth-order valence-corrected chi connectivity index (χ4v) is 2.40. The van der Waals surface area contributed by atoms with E-state index in [0.717, 1.165) is 0 Å². The molecule has 0 aliphatic carbocycles. The van der Waals surface area contributed by atoms with Gasteiger partial charge < -0.3 is 4.90 Å². The molecule has 0 saturated carbocycles. The number of carbonyl (C=O) groups excluding carboxylic acids is 2. The van der Waals surface area contributed by atoms with Gasteiger partial charge in [-0.05, 0) is 12.1 Å². The zero-order valence-corrected chi connectivity index (χ0v) is 8.90. The van der Waals surface area contributed by atoms with Crippen molar-refractivity contribution in [2.75, 3.05) is 13.1 Å². The molecule has 0 atom stereocenters. The van der Waals surface area contributed by atoms with Crippen LogP contribution in [0.15, 0.2) is 12.1 Å². The third-order valence-electron chi connectivity index (χ3n) is 2.10. The van der Waals surface area contributed by atoms with Crippen LogP contribution in [0.5, 0.6) is 0 Å². The highest BCUT2D eigenvalue weighted by molar-refractivity contribution is 7.17. The summed E-state index contributed by atoms with van der Waals surface area (Å²) in [4.78, 5) is 24.9. The second-order valence-corrected chi connectivity index (χ2v) is 4.83. The molecular weight excluding hydrogens is 222 g/mol. The van der Waals surface area contributed by atoms with E-state index in [2.05, 4.69) is 0 Å². The smallest absolute Gasteiger partial charge is 0.264 e. The van der Waals surface area contributed by atoms with E-state index in [-0.39, 0.29) is 18.2 Å². The second kappa shape index (κ2) is 3.71. The van der Waals surface area contributed by atoms with E-state index < -0.39 is 0 Å². The lowest BCUT2D eigenvalue weighted by Crippen LogP contribution is -2.27. The highest BCUT2D eigenvalue weighted by Crippen LogP contribution is 2.23. The number of rotatable bonds is 1. The quantitative estimate of drug-likeness (QED) is 0.737. The number of hydrogen-bond acceptors (Lipinski definition) is 3. The summed E-state index contributed by atoms with van der Waals surface area (Å²) in [7, 11) is 0. The monoisotopic (exact) mass is 229 g/mol. The van der Waals surface area contributed by atoms with Gasteiger partial charge in [-0.1, -0.05) is 11.6 Å². The summed E-state index contributed by atoms with van der Waals surface area (Å²) in [6.07, 6.45) is 0.477. The number of amides is 1. The van der Waals surface area contributed by atoms with Crippen molar-refractivity contribution in [3.8, 4) is 0 Å². The van der Waals surface area contributed by atoms with Gasteiger partial charge in [0.2, 0.25) is 0 Å². The van der Waals surface area contributed by atoms with Crippen molar-refractivity contribution in [3.05, 3.63) is 21.3 Å². The van der Waals surface area contributed by atoms with Crippen LogP contribution < -0.4 is 0 Å². The number of halogens is 1. The Morgan fingerprint density at radius 1 is 1.50 bits per heavy atom. The van der Waals surface area contributed by atoms with Gasteiger partial charge >= 0.3 is 0 Å². The van der Waals surface area contributed by atoms with Gasteiger partial charge in [0.25, 0.3) is 5.91 Å². The number of nitrogens with zero attached hydrogens (tertiary/aromatic N) is 1. The molecule has 14 heavy (non-hydrogen) atoms. The average Bonchev–Trinajstić information content (AvgIpc) is 2.73. The van der Waals surface area contributed by atoms with Crippen LogP contribution in [0.2, 0.25) is 4.34 Å². The minimum Gasteiger partial charge on any atom is -0.330 e. The van der Waals surface area contributed by atoms with Crippen molar-refractivity contribution >= 4 is 34.6 Å². The zero-order valence-electron chi connectivity index (χ0n) is 7.33. The molecule has 0 unspecified atom stereocenters. The van der Waals surface area contributed by atoms with Crippen LogP contribution in [0.25, 0.3) is 0 Å². The van der Waals surface area contributed by atoms with E-state index in [0.29, 0.717) is 22.2 Å². The fourth-order valence-electron chi connectivity index (χ4n) is 1.39. The Morgan fingerprint density at radius 3 is 2.79 bits per heavy atom. The van der Waals surface area contributed by atoms with E-state index in [1.165, 1.54) is 11.3 Å². The lowest BCUT2D eigenvalue weighted by Gasteiger charge is -2.12. The van der Waals surface area contributed by atoms with Gasteiger partial charge in [0.1, 0.15) is 0 Å². The molecule has 0 spiro atoms. The van der Waals surface area contributed by atoms with Gasteiger partial charge in [-0.3, -0.25) is 9.59 Å². The molecule has 1 aromatic heterocycles. The minimum absolute atomic E-state index is 0.0900. The molecule has 74 valence electrons. The summed E-state index contributed by atoms with van der Waals surface area (Å²) in [6, 6.07) is 3.38. The van der Waals surface area contributed by atoms with Crippen LogP contribution in [0.3, 0.4) is 0 Å². The van der Waals surface area contributed by atoms with E-state index in [1.54, 1.807) is 17.0 Å². The lowest BCUT2D eigenvalue weighted by molar-refractivity contribution is -0.116. The van der Waals surface area contributed by atoms with Crippen molar-refractivity contribution in [2.24, 2.45) is 0 Å². The third kappa shape index (κ3) is 1.81. The summed E-state index contributed by atoms with van der Waals surface area (Å²) in [5.41, 5.74) is 0. The van der Waals surface area contributed by atoms with Crippen LogP contribution in [-0.4, -0.2) is 29.7 Å². The standard InChI is InChI=1S/C9H8ClNO2S/c10-8-2-1-7(14-8)9(13)11-4-3-6(12)5-11/h1-2H,3-5H2. The van der Waals surface area contributed by atoms with Crippen molar-refractivity contribution in [1.82, 2.24) is 4.90 Å². The van der Waals surface area contributed by atoms with Crippen molar-refractivity contribution < 1.29 is 9.59 Å². The molecule has 1 amide bonds. The molecule has 0 radical (unpaired) electrons. The lowest BCUT2D eigenvalue weighted by atomic mass is 10.4. The number of ketones is 1. The Labute approximate surface area is 90.3 Å². The fraction of sp³-hybridized carbons (Fsp3) is 0.333. The zero-order chi connectivity index (χ0) is 10.1. The Kier molecular flexibility index (Phi) is 2.56. The normalized spacial score (nSPS) is 16.4. The summed E-state index contributed by atoms with van der Waals surface area (Å²) < 4.78 is 0.596. The van der Waals surface area contributed by atoms with Crippen LogP contribution in [0, 0.1) is 0 Å². The molecule has 3 nitrogen and oxygen atoms in total. The first-order valence-corrected chi connectivity index (χ1v) is 5.42. The molecule has 2 rings (SSSR count). The van der Waals surface area contributed by atoms with Crippen molar-refractivity contribution in [2.45, 2.75) is 6.42 Å². The predicted octanol–water partition coefficient (Wildman–Crippen LogP) is 1.82. The van der Waals surface area contributed by atoms with E-state index in [4.69, 9.17) is 11.6 Å². The summed E-state index contributed by atoms with van der Waals surface area (Å²) >= 11 is 6.97. The first kappa shape index (κ1) is 9.68. The van der Waals surface area contributed by atoms with Gasteiger partial charge in [-0.25, -0.2) is 0 Å².